The molecule has 1 heterocycles. The highest BCUT2D eigenvalue weighted by molar-refractivity contribution is 5.77. The zero-order chi connectivity index (χ0) is 10.1. The molecule has 2 rings (SSSR count). The maximum Gasteiger partial charge on any atom is 0.153 e. The molecule has 4 heteroatoms. The first-order chi connectivity index (χ1) is 6.68. The molecule has 0 amide bonds. The van der Waals surface area contributed by atoms with E-state index in [1.165, 1.54) is 0 Å². The standard InChI is InChI=1S/C10H11N3O/c1-13-6-8(10(11)12-13)7-4-2-3-5-9(7)14/h2-6,14H,1H3,(H2,11,12). The number of nitrogens with two attached hydrogens (primary N) is 1. The van der Waals surface area contributed by atoms with E-state index in [-0.39, 0.29) is 5.75 Å². The lowest BCUT2D eigenvalue weighted by molar-refractivity contribution is 0.477. The Morgan fingerprint density at radius 1 is 1.29 bits per heavy atom. The van der Waals surface area contributed by atoms with Crippen LogP contribution in [-0.2, 0) is 7.05 Å². The van der Waals surface area contributed by atoms with Gasteiger partial charge in [-0.1, -0.05) is 18.2 Å². The van der Waals surface area contributed by atoms with Crippen LogP contribution in [0.1, 0.15) is 0 Å². The van der Waals surface area contributed by atoms with Gasteiger partial charge in [-0.2, -0.15) is 5.10 Å². The highest BCUT2D eigenvalue weighted by Gasteiger charge is 2.09. The topological polar surface area (TPSA) is 64.1 Å². The van der Waals surface area contributed by atoms with E-state index in [0.717, 1.165) is 5.56 Å². The number of para-hydroxylation sites is 1. The Labute approximate surface area is 81.6 Å². The molecule has 0 radical (unpaired) electrons. The van der Waals surface area contributed by atoms with E-state index in [4.69, 9.17) is 5.73 Å². The van der Waals surface area contributed by atoms with Gasteiger partial charge in [0.1, 0.15) is 5.75 Å². The van der Waals surface area contributed by atoms with Crippen molar-refractivity contribution in [1.82, 2.24) is 9.78 Å². The van der Waals surface area contributed by atoms with Gasteiger partial charge in [0, 0.05) is 24.4 Å². The molecular weight excluding hydrogens is 178 g/mol. The van der Waals surface area contributed by atoms with Crippen molar-refractivity contribution in [1.29, 1.82) is 0 Å². The monoisotopic (exact) mass is 189 g/mol. The summed E-state index contributed by atoms with van der Waals surface area (Å²) in [6.45, 7) is 0. The van der Waals surface area contributed by atoms with Crippen LogP contribution in [0.5, 0.6) is 5.75 Å². The van der Waals surface area contributed by atoms with Gasteiger partial charge in [0.15, 0.2) is 5.82 Å². The van der Waals surface area contributed by atoms with E-state index in [9.17, 15) is 5.11 Å². The lowest BCUT2D eigenvalue weighted by atomic mass is 10.1. The maximum atomic E-state index is 9.61. The summed E-state index contributed by atoms with van der Waals surface area (Å²) >= 11 is 0. The molecule has 1 aromatic heterocycles. The van der Waals surface area contributed by atoms with Gasteiger partial charge in [0.05, 0.1) is 0 Å². The molecule has 0 fully saturated rings. The Morgan fingerprint density at radius 2 is 2.00 bits per heavy atom. The Hall–Kier alpha value is -1.97. The summed E-state index contributed by atoms with van der Waals surface area (Å²) < 4.78 is 1.62. The average Bonchev–Trinajstić information content (AvgIpc) is 2.46. The average molecular weight is 189 g/mol. The predicted molar refractivity (Wildman–Crippen MR) is 54.7 cm³/mol. The van der Waals surface area contributed by atoms with E-state index < -0.39 is 0 Å². The number of anilines is 1. The molecule has 0 bridgehead atoms. The van der Waals surface area contributed by atoms with Crippen molar-refractivity contribution in [3.63, 3.8) is 0 Å². The number of nitrogens with zero attached hydrogens (tertiary/aromatic N) is 2. The van der Waals surface area contributed by atoms with Crippen LogP contribution < -0.4 is 5.73 Å². The number of hydrogen-bond acceptors (Lipinski definition) is 3. The van der Waals surface area contributed by atoms with Crippen LogP contribution in [0, 0.1) is 0 Å². The molecule has 1 aromatic carbocycles. The molecular formula is C10H11N3O. The Balaban J connectivity index is 2.60. The second-order valence-corrected chi connectivity index (χ2v) is 3.12. The fourth-order valence-corrected chi connectivity index (χ4v) is 1.41. The summed E-state index contributed by atoms with van der Waals surface area (Å²) in [5.74, 6) is 0.640. The third-order valence-electron chi connectivity index (χ3n) is 2.05. The van der Waals surface area contributed by atoms with Crippen LogP contribution in [-0.4, -0.2) is 14.9 Å². The zero-order valence-electron chi connectivity index (χ0n) is 7.81. The van der Waals surface area contributed by atoms with Gasteiger partial charge in [0.2, 0.25) is 0 Å². The smallest absolute Gasteiger partial charge is 0.153 e. The van der Waals surface area contributed by atoms with Crippen molar-refractivity contribution in [3.8, 4) is 16.9 Å². The molecule has 72 valence electrons. The number of benzene rings is 1. The fraction of sp³-hybridized carbons (Fsp3) is 0.100. The number of nitrogen functional groups attached to an aromatic ring is 1. The number of rotatable bonds is 1. The predicted octanol–water partition coefficient (Wildman–Crippen LogP) is 1.37. The van der Waals surface area contributed by atoms with Gasteiger partial charge in [-0.05, 0) is 6.07 Å². The highest BCUT2D eigenvalue weighted by Crippen LogP contribution is 2.31. The first kappa shape index (κ1) is 8.62. The van der Waals surface area contributed by atoms with Gasteiger partial charge in [-0.3, -0.25) is 4.68 Å². The maximum absolute atomic E-state index is 9.61. The number of aryl methyl sites for hydroxylation is 1. The van der Waals surface area contributed by atoms with E-state index in [0.29, 0.717) is 11.4 Å². The van der Waals surface area contributed by atoms with Crippen LogP contribution in [0.3, 0.4) is 0 Å². The SMILES string of the molecule is Cn1cc(-c2ccccc2O)c(N)n1. The quantitative estimate of drug-likeness (QED) is 0.712. The van der Waals surface area contributed by atoms with Crippen molar-refractivity contribution in [2.24, 2.45) is 7.05 Å². The van der Waals surface area contributed by atoms with Gasteiger partial charge >= 0.3 is 0 Å². The van der Waals surface area contributed by atoms with E-state index in [1.54, 1.807) is 30.1 Å². The molecule has 0 saturated heterocycles. The molecule has 0 spiro atoms. The summed E-state index contributed by atoms with van der Waals surface area (Å²) in [7, 11) is 1.79. The normalized spacial score (nSPS) is 10.4. The second kappa shape index (κ2) is 3.06. The summed E-state index contributed by atoms with van der Waals surface area (Å²) in [6.07, 6.45) is 1.78. The fourth-order valence-electron chi connectivity index (χ4n) is 1.41. The minimum atomic E-state index is 0.215. The van der Waals surface area contributed by atoms with Gasteiger partial charge in [-0.15, -0.1) is 0 Å². The number of phenols is 1. The van der Waals surface area contributed by atoms with E-state index in [1.807, 2.05) is 12.1 Å². The molecule has 14 heavy (non-hydrogen) atoms. The summed E-state index contributed by atoms with van der Waals surface area (Å²) in [5.41, 5.74) is 7.16. The molecule has 0 unspecified atom stereocenters. The molecule has 0 aliphatic heterocycles. The van der Waals surface area contributed by atoms with Gasteiger partial charge in [-0.25, -0.2) is 0 Å². The molecule has 3 N–H and O–H groups in total. The Kier molecular flexibility index (Phi) is 1.89. The number of hydrogen-bond donors (Lipinski definition) is 2. The van der Waals surface area contributed by atoms with Crippen LogP contribution in [0.25, 0.3) is 11.1 Å². The first-order valence-corrected chi connectivity index (χ1v) is 4.26. The van der Waals surface area contributed by atoms with E-state index in [2.05, 4.69) is 5.10 Å². The van der Waals surface area contributed by atoms with Crippen molar-refractivity contribution < 1.29 is 5.11 Å². The van der Waals surface area contributed by atoms with Gasteiger partial charge < -0.3 is 10.8 Å². The third-order valence-corrected chi connectivity index (χ3v) is 2.05. The molecule has 4 nitrogen and oxygen atoms in total. The third kappa shape index (κ3) is 1.31. The van der Waals surface area contributed by atoms with Crippen molar-refractivity contribution in [2.45, 2.75) is 0 Å². The number of aromatic hydroxyl groups is 1. The summed E-state index contributed by atoms with van der Waals surface area (Å²) in [4.78, 5) is 0. The largest absolute Gasteiger partial charge is 0.507 e. The van der Waals surface area contributed by atoms with Crippen molar-refractivity contribution >= 4 is 5.82 Å². The highest BCUT2D eigenvalue weighted by atomic mass is 16.3. The molecule has 0 aliphatic carbocycles. The van der Waals surface area contributed by atoms with Crippen molar-refractivity contribution in [2.75, 3.05) is 5.73 Å². The lowest BCUT2D eigenvalue weighted by Gasteiger charge is -2.00. The second-order valence-electron chi connectivity index (χ2n) is 3.12. The molecule has 0 atom stereocenters. The number of phenolic OH excluding ortho intramolecular Hbond substituents is 1. The summed E-state index contributed by atoms with van der Waals surface area (Å²) in [5, 5.41) is 13.6. The summed E-state index contributed by atoms with van der Waals surface area (Å²) in [6, 6.07) is 7.05. The minimum absolute atomic E-state index is 0.215. The Bertz CT molecular complexity index is 462. The van der Waals surface area contributed by atoms with Crippen molar-refractivity contribution in [3.05, 3.63) is 30.5 Å². The van der Waals surface area contributed by atoms with Gasteiger partial charge in [0.25, 0.3) is 0 Å². The molecule has 2 aromatic rings. The van der Waals surface area contributed by atoms with Crippen LogP contribution in [0.2, 0.25) is 0 Å². The Morgan fingerprint density at radius 3 is 2.57 bits per heavy atom. The first-order valence-electron chi connectivity index (χ1n) is 4.26. The molecule has 0 aliphatic rings. The lowest BCUT2D eigenvalue weighted by Crippen LogP contribution is -1.90. The minimum Gasteiger partial charge on any atom is -0.507 e. The van der Waals surface area contributed by atoms with E-state index >= 15 is 0 Å². The van der Waals surface area contributed by atoms with Crippen LogP contribution in [0.15, 0.2) is 30.5 Å². The molecule has 0 saturated carbocycles. The van der Waals surface area contributed by atoms with Crippen LogP contribution >= 0.6 is 0 Å². The van der Waals surface area contributed by atoms with Crippen LogP contribution in [0.4, 0.5) is 5.82 Å². The number of aromatic nitrogens is 2. The zero-order valence-corrected chi connectivity index (χ0v) is 7.81.